The van der Waals surface area contributed by atoms with Gasteiger partial charge in [-0.25, -0.2) is 13.4 Å². The number of aromatic nitrogens is 1. The van der Waals surface area contributed by atoms with Crippen LogP contribution in [0.1, 0.15) is 25.0 Å². The maximum absolute atomic E-state index is 11.7. The Morgan fingerprint density at radius 3 is 2.57 bits per heavy atom. The number of anilines is 1. The fraction of sp³-hybridized carbons (Fsp3) is 0.667. The average Bonchev–Trinajstić information content (AvgIpc) is 2.82. The molecule has 116 valence electrons. The summed E-state index contributed by atoms with van der Waals surface area (Å²) < 4.78 is 23.3. The van der Waals surface area contributed by atoms with E-state index in [0.717, 1.165) is 32.0 Å². The summed E-state index contributed by atoms with van der Waals surface area (Å²) in [6.07, 6.45) is 4.90. The monoisotopic (exact) mass is 309 g/mol. The number of pyridine rings is 1. The van der Waals surface area contributed by atoms with Crippen LogP contribution >= 0.6 is 0 Å². The number of aryl methyl sites for hydroxylation is 1. The third-order valence-corrected chi connectivity index (χ3v) is 6.08. The van der Waals surface area contributed by atoms with Gasteiger partial charge >= 0.3 is 0 Å². The molecule has 0 saturated carbocycles. The summed E-state index contributed by atoms with van der Waals surface area (Å²) in [6.45, 7) is 6.04. The number of rotatable bonds is 2. The van der Waals surface area contributed by atoms with Gasteiger partial charge in [0.2, 0.25) is 0 Å². The fourth-order valence-electron chi connectivity index (χ4n) is 3.60. The van der Waals surface area contributed by atoms with Crippen LogP contribution in [0.15, 0.2) is 17.0 Å². The van der Waals surface area contributed by atoms with Crippen molar-refractivity contribution in [3.8, 4) is 0 Å². The van der Waals surface area contributed by atoms with E-state index in [4.69, 9.17) is 0 Å². The molecular weight excluding hydrogens is 286 g/mol. The summed E-state index contributed by atoms with van der Waals surface area (Å²) in [5, 5.41) is 3.42. The summed E-state index contributed by atoms with van der Waals surface area (Å²) in [4.78, 5) is 7.18. The molecule has 2 aliphatic heterocycles. The van der Waals surface area contributed by atoms with E-state index in [2.05, 4.69) is 15.2 Å². The average molecular weight is 309 g/mol. The molecule has 3 rings (SSSR count). The van der Waals surface area contributed by atoms with Gasteiger partial charge in [0.15, 0.2) is 9.84 Å². The zero-order valence-electron chi connectivity index (χ0n) is 12.7. The highest BCUT2D eigenvalue weighted by Crippen LogP contribution is 2.40. The Balaban J connectivity index is 1.81. The quantitative estimate of drug-likeness (QED) is 0.894. The first kappa shape index (κ1) is 14.8. The lowest BCUT2D eigenvalue weighted by atomic mass is 9.78. The van der Waals surface area contributed by atoms with Crippen molar-refractivity contribution in [2.75, 3.05) is 37.3 Å². The summed E-state index contributed by atoms with van der Waals surface area (Å²) in [5.41, 5.74) is 1.03. The molecule has 2 fully saturated rings. The van der Waals surface area contributed by atoms with Crippen molar-refractivity contribution in [2.24, 2.45) is 5.41 Å². The molecule has 1 aromatic rings. The van der Waals surface area contributed by atoms with E-state index in [-0.39, 0.29) is 0 Å². The molecule has 1 N–H and O–H groups in total. The number of sulfone groups is 1. The maximum Gasteiger partial charge on any atom is 0.177 e. The Bertz CT molecular complexity index is 636. The second-order valence-electron chi connectivity index (χ2n) is 6.45. The van der Waals surface area contributed by atoms with E-state index >= 15 is 0 Å². The molecule has 0 radical (unpaired) electrons. The zero-order valence-corrected chi connectivity index (χ0v) is 13.5. The molecule has 1 spiro atoms. The van der Waals surface area contributed by atoms with E-state index < -0.39 is 9.84 Å². The molecule has 0 aliphatic carbocycles. The van der Waals surface area contributed by atoms with E-state index in [1.54, 1.807) is 13.0 Å². The van der Waals surface area contributed by atoms with E-state index in [9.17, 15) is 8.42 Å². The summed E-state index contributed by atoms with van der Waals surface area (Å²) >= 11 is 0. The summed E-state index contributed by atoms with van der Waals surface area (Å²) in [6, 6.07) is 3.55. The minimum atomic E-state index is -3.19. The van der Waals surface area contributed by atoms with Gasteiger partial charge in [0.05, 0.1) is 10.6 Å². The van der Waals surface area contributed by atoms with Crippen LogP contribution in [0.3, 0.4) is 0 Å². The molecule has 3 heterocycles. The third kappa shape index (κ3) is 2.92. The van der Waals surface area contributed by atoms with Crippen molar-refractivity contribution in [3.05, 3.63) is 17.8 Å². The highest BCUT2D eigenvalue weighted by molar-refractivity contribution is 7.90. The molecule has 0 amide bonds. The first-order valence-corrected chi connectivity index (χ1v) is 9.42. The predicted octanol–water partition coefficient (Wildman–Crippen LogP) is 1.37. The second-order valence-corrected chi connectivity index (χ2v) is 8.43. The standard InChI is InChI=1S/C15H23N3O2S/c1-12-13(21(2,19)20)3-4-14(17-12)18-10-7-15(11-18)5-8-16-9-6-15/h3-4,16H,5-11H2,1-2H3. The maximum atomic E-state index is 11.7. The number of hydrogen-bond acceptors (Lipinski definition) is 5. The van der Waals surface area contributed by atoms with Gasteiger partial charge in [-0.05, 0) is 56.8 Å². The highest BCUT2D eigenvalue weighted by Gasteiger charge is 2.39. The number of nitrogens with one attached hydrogen (secondary N) is 1. The van der Waals surface area contributed by atoms with Crippen LogP contribution in [0.5, 0.6) is 0 Å². The smallest absolute Gasteiger partial charge is 0.177 e. The van der Waals surface area contributed by atoms with Crippen LogP contribution in [-0.4, -0.2) is 45.8 Å². The first-order valence-electron chi connectivity index (χ1n) is 7.53. The van der Waals surface area contributed by atoms with Gasteiger partial charge in [0.25, 0.3) is 0 Å². The normalized spacial score (nSPS) is 21.9. The fourth-order valence-corrected chi connectivity index (χ4v) is 4.50. The topological polar surface area (TPSA) is 62.3 Å². The van der Waals surface area contributed by atoms with Gasteiger partial charge in [-0.15, -0.1) is 0 Å². The number of nitrogens with zero attached hydrogens (tertiary/aromatic N) is 2. The minimum absolute atomic E-state index is 0.335. The lowest BCUT2D eigenvalue weighted by Gasteiger charge is -2.33. The van der Waals surface area contributed by atoms with Crippen molar-refractivity contribution < 1.29 is 8.42 Å². The third-order valence-electron chi connectivity index (χ3n) is 4.85. The largest absolute Gasteiger partial charge is 0.356 e. The highest BCUT2D eigenvalue weighted by atomic mass is 32.2. The van der Waals surface area contributed by atoms with E-state index in [1.165, 1.54) is 25.5 Å². The van der Waals surface area contributed by atoms with Gasteiger partial charge in [-0.2, -0.15) is 0 Å². The van der Waals surface area contributed by atoms with Crippen molar-refractivity contribution in [1.29, 1.82) is 0 Å². The molecule has 0 bridgehead atoms. The number of piperidine rings is 1. The SMILES string of the molecule is Cc1nc(N2CCC3(CCNCC3)C2)ccc1S(C)(=O)=O. The molecule has 0 unspecified atom stereocenters. The van der Waals surface area contributed by atoms with Crippen molar-refractivity contribution >= 4 is 15.7 Å². The van der Waals surface area contributed by atoms with Crippen molar-refractivity contribution in [1.82, 2.24) is 10.3 Å². The van der Waals surface area contributed by atoms with Gasteiger partial charge < -0.3 is 10.2 Å². The molecule has 2 aliphatic rings. The van der Waals surface area contributed by atoms with Crippen LogP contribution in [0, 0.1) is 12.3 Å². The molecule has 6 heteroatoms. The van der Waals surface area contributed by atoms with Crippen LogP contribution in [0.2, 0.25) is 0 Å². The lowest BCUT2D eigenvalue weighted by Crippen LogP contribution is -2.38. The Labute approximate surface area is 126 Å². The first-order chi connectivity index (χ1) is 9.90. The summed E-state index contributed by atoms with van der Waals surface area (Å²) in [7, 11) is -3.19. The van der Waals surface area contributed by atoms with Gasteiger partial charge in [-0.3, -0.25) is 0 Å². The van der Waals surface area contributed by atoms with Crippen LogP contribution in [0.4, 0.5) is 5.82 Å². The Kier molecular flexibility index (Phi) is 3.69. The van der Waals surface area contributed by atoms with E-state index in [0.29, 0.717) is 16.0 Å². The second kappa shape index (κ2) is 5.25. The Morgan fingerprint density at radius 1 is 1.24 bits per heavy atom. The minimum Gasteiger partial charge on any atom is -0.356 e. The van der Waals surface area contributed by atoms with Crippen molar-refractivity contribution in [3.63, 3.8) is 0 Å². The van der Waals surface area contributed by atoms with Gasteiger partial charge in [0, 0.05) is 19.3 Å². The van der Waals surface area contributed by atoms with E-state index in [1.807, 2.05) is 6.07 Å². The van der Waals surface area contributed by atoms with Gasteiger partial charge in [0.1, 0.15) is 5.82 Å². The molecule has 21 heavy (non-hydrogen) atoms. The van der Waals surface area contributed by atoms with Gasteiger partial charge in [-0.1, -0.05) is 0 Å². The molecule has 1 aromatic heterocycles. The molecular formula is C15H23N3O2S. The molecule has 2 saturated heterocycles. The molecule has 0 atom stereocenters. The van der Waals surface area contributed by atoms with Crippen LogP contribution < -0.4 is 10.2 Å². The van der Waals surface area contributed by atoms with Crippen LogP contribution in [-0.2, 0) is 9.84 Å². The Morgan fingerprint density at radius 2 is 1.95 bits per heavy atom. The van der Waals surface area contributed by atoms with Crippen LogP contribution in [0.25, 0.3) is 0 Å². The summed E-state index contributed by atoms with van der Waals surface area (Å²) in [5.74, 6) is 0.912. The molecule has 0 aromatic carbocycles. The van der Waals surface area contributed by atoms with Crippen molar-refractivity contribution in [2.45, 2.75) is 31.1 Å². The number of hydrogen-bond donors (Lipinski definition) is 1. The zero-order chi connectivity index (χ0) is 15.1. The lowest BCUT2D eigenvalue weighted by molar-refractivity contribution is 0.232. The predicted molar refractivity (Wildman–Crippen MR) is 83.5 cm³/mol. The molecule has 5 nitrogen and oxygen atoms in total. The Hall–Kier alpha value is -1.14.